The number of phenols is 1. The molecule has 2 aliphatic heterocycles. The summed E-state index contributed by atoms with van der Waals surface area (Å²) in [6.45, 7) is 1.43. The first-order chi connectivity index (χ1) is 25.4. The second-order valence-corrected chi connectivity index (χ2v) is 14.3. The molecule has 268 valence electrons. The van der Waals surface area contributed by atoms with Crippen LogP contribution in [0.2, 0.25) is 5.02 Å². The maximum atomic E-state index is 15.2. The van der Waals surface area contributed by atoms with Crippen LogP contribution >= 0.6 is 11.6 Å². The maximum Gasteiger partial charge on any atom is 0.260 e. The third-order valence-corrected chi connectivity index (χ3v) is 11.6. The van der Waals surface area contributed by atoms with Crippen LogP contribution in [0.5, 0.6) is 11.5 Å². The van der Waals surface area contributed by atoms with E-state index in [2.05, 4.69) is 5.43 Å². The van der Waals surface area contributed by atoms with E-state index in [1.165, 1.54) is 44.4 Å². The molecule has 6 atom stereocenters. The molecule has 4 aliphatic rings. The summed E-state index contributed by atoms with van der Waals surface area (Å²) >= 11 is 6.35. The second-order valence-electron chi connectivity index (χ2n) is 13.9. The van der Waals surface area contributed by atoms with Gasteiger partial charge in [-0.05, 0) is 98.0 Å². The number of hydrogen-bond acceptors (Lipinski definition) is 8. The second kappa shape index (κ2) is 12.7. The number of methoxy groups -OCH3 is 1. The largest absolute Gasteiger partial charge is 0.508 e. The maximum absolute atomic E-state index is 15.2. The molecular formula is C41H33ClFN3O7. The van der Waals surface area contributed by atoms with Gasteiger partial charge in [-0.25, -0.2) is 4.39 Å². The van der Waals surface area contributed by atoms with E-state index in [4.69, 9.17) is 16.3 Å². The van der Waals surface area contributed by atoms with Crippen LogP contribution in [-0.2, 0) is 24.6 Å². The average Bonchev–Trinajstić information content (AvgIpc) is 3.53. The fraction of sp³-hybridized carbons (Fsp3) is 0.244. The number of benzene rings is 4. The molecule has 8 rings (SSSR count). The van der Waals surface area contributed by atoms with Crippen LogP contribution in [0.3, 0.4) is 0 Å². The highest BCUT2D eigenvalue weighted by Crippen LogP contribution is 2.65. The number of hydrazine groups is 1. The van der Waals surface area contributed by atoms with Crippen molar-refractivity contribution in [1.29, 1.82) is 0 Å². The van der Waals surface area contributed by atoms with Gasteiger partial charge in [0.05, 0.1) is 41.7 Å². The summed E-state index contributed by atoms with van der Waals surface area (Å²) in [5.74, 6) is -6.85. The first-order valence-electron chi connectivity index (χ1n) is 17.2. The van der Waals surface area contributed by atoms with Crippen molar-refractivity contribution in [1.82, 2.24) is 5.01 Å². The van der Waals surface area contributed by atoms with Crippen molar-refractivity contribution in [2.75, 3.05) is 17.4 Å². The Kier molecular flexibility index (Phi) is 8.21. The molecule has 3 fully saturated rings. The van der Waals surface area contributed by atoms with Crippen LogP contribution in [0.4, 0.5) is 15.8 Å². The van der Waals surface area contributed by atoms with Gasteiger partial charge in [0.1, 0.15) is 17.3 Å². The average molecular weight is 734 g/mol. The van der Waals surface area contributed by atoms with Crippen LogP contribution in [0.15, 0.2) is 103 Å². The minimum Gasteiger partial charge on any atom is -0.508 e. The molecule has 1 saturated carbocycles. The fourth-order valence-corrected chi connectivity index (χ4v) is 9.12. The number of halogens is 2. The minimum atomic E-state index is -1.65. The van der Waals surface area contributed by atoms with Gasteiger partial charge < -0.3 is 9.84 Å². The zero-order valence-electron chi connectivity index (χ0n) is 28.6. The lowest BCUT2D eigenvalue weighted by atomic mass is 9.49. The van der Waals surface area contributed by atoms with E-state index in [0.717, 1.165) is 9.91 Å². The highest BCUT2D eigenvalue weighted by molar-refractivity contribution is 6.30. The van der Waals surface area contributed by atoms with Gasteiger partial charge in [-0.3, -0.25) is 34.3 Å². The summed E-state index contributed by atoms with van der Waals surface area (Å²) in [7, 11) is 1.46. The monoisotopic (exact) mass is 733 g/mol. The zero-order valence-corrected chi connectivity index (χ0v) is 29.3. The summed E-state index contributed by atoms with van der Waals surface area (Å²) in [5.41, 5.74) is 3.77. The van der Waals surface area contributed by atoms with Gasteiger partial charge in [0.25, 0.3) is 11.8 Å². The number of Topliss-reactive ketones (excluding diaryl/α,β-unsaturated/α-hetero) is 1. The Morgan fingerprint density at radius 3 is 2.25 bits per heavy atom. The summed E-state index contributed by atoms with van der Waals surface area (Å²) in [6.07, 6.45) is 2.10. The number of hydrogen-bond donors (Lipinski definition) is 2. The van der Waals surface area contributed by atoms with Gasteiger partial charge in [-0.2, -0.15) is 5.01 Å². The number of imide groups is 2. The number of amides is 4. The number of nitrogens with one attached hydrogen (secondary N) is 1. The molecule has 0 aromatic heterocycles. The first-order valence-corrected chi connectivity index (χ1v) is 17.6. The molecule has 2 heterocycles. The Morgan fingerprint density at radius 2 is 1.60 bits per heavy atom. The van der Waals surface area contributed by atoms with Crippen molar-refractivity contribution in [3.63, 3.8) is 0 Å². The SMILES string of the molecule is COc1ccc([C@H]2C3=CC[C@@H]4C(=O)N(c5ccc(C(C)=O)cc5)C(=O)[C@@H]4[C@@H]3C[C@H]3C(=O)N(Nc4ccc(F)cc4)C(=O)[C@@]23c2ccc(Cl)cc2)c(O)c1. The zero-order chi connectivity index (χ0) is 37.3. The van der Waals surface area contributed by atoms with E-state index < -0.39 is 64.5 Å². The number of carbonyl (C=O) groups is 5. The smallest absolute Gasteiger partial charge is 0.260 e. The molecule has 12 heteroatoms. The van der Waals surface area contributed by atoms with Gasteiger partial charge in [-0.1, -0.05) is 41.4 Å². The van der Waals surface area contributed by atoms with Crippen molar-refractivity contribution in [3.05, 3.63) is 130 Å². The van der Waals surface area contributed by atoms with E-state index in [0.29, 0.717) is 44.4 Å². The Bertz CT molecular complexity index is 2240. The van der Waals surface area contributed by atoms with E-state index in [-0.39, 0.29) is 24.4 Å². The summed E-state index contributed by atoms with van der Waals surface area (Å²) in [5, 5.41) is 13.0. The predicted octanol–water partition coefficient (Wildman–Crippen LogP) is 6.59. The number of aromatic hydroxyl groups is 1. The molecule has 10 nitrogen and oxygen atoms in total. The molecule has 2 saturated heterocycles. The molecular weight excluding hydrogens is 701 g/mol. The van der Waals surface area contributed by atoms with Gasteiger partial charge in [-0.15, -0.1) is 0 Å². The fourth-order valence-electron chi connectivity index (χ4n) is 8.99. The Labute approximate surface area is 308 Å². The van der Waals surface area contributed by atoms with Gasteiger partial charge in [0.2, 0.25) is 11.8 Å². The summed E-state index contributed by atoms with van der Waals surface area (Å²) < 4.78 is 19.2. The van der Waals surface area contributed by atoms with Crippen molar-refractivity contribution in [2.24, 2.45) is 23.7 Å². The molecule has 2 N–H and O–H groups in total. The Balaban J connectivity index is 1.31. The quantitative estimate of drug-likeness (QED) is 0.124. The molecule has 4 amide bonds. The third-order valence-electron chi connectivity index (χ3n) is 11.3. The number of rotatable bonds is 7. The highest BCUT2D eigenvalue weighted by Gasteiger charge is 2.70. The lowest BCUT2D eigenvalue weighted by molar-refractivity contribution is -0.138. The summed E-state index contributed by atoms with van der Waals surface area (Å²) in [4.78, 5) is 71.6. The van der Waals surface area contributed by atoms with Crippen molar-refractivity contribution in [2.45, 2.75) is 31.1 Å². The Hall–Kier alpha value is -5.81. The highest BCUT2D eigenvalue weighted by atomic mass is 35.5. The minimum absolute atomic E-state index is 0.0331. The van der Waals surface area contributed by atoms with E-state index in [1.807, 2.05) is 6.08 Å². The van der Waals surface area contributed by atoms with Gasteiger partial charge in [0, 0.05) is 28.1 Å². The lowest BCUT2D eigenvalue weighted by Crippen LogP contribution is -2.53. The first kappa shape index (κ1) is 34.3. The Morgan fingerprint density at radius 1 is 0.906 bits per heavy atom. The number of fused-ring (bicyclic) bond motifs is 4. The van der Waals surface area contributed by atoms with E-state index in [9.17, 15) is 28.7 Å². The van der Waals surface area contributed by atoms with E-state index >= 15 is 4.79 Å². The lowest BCUT2D eigenvalue weighted by Gasteiger charge is -2.50. The van der Waals surface area contributed by atoms with Crippen LogP contribution in [-0.4, -0.2) is 46.6 Å². The topological polar surface area (TPSA) is 133 Å². The van der Waals surface area contributed by atoms with Crippen LogP contribution in [0.1, 0.15) is 47.2 Å². The standard InChI is InChI=1S/C41H33ClFN3O7/c1-21(47)22-3-13-27(14-4-22)45-37(49)31-18-17-29-32(35(31)39(45)51)20-33-38(50)46(44-26-11-9-25(43)10-12-26)40(52)41(33,23-5-7-24(42)8-6-23)36(29)30-16-15-28(53-2)19-34(30)48/h3-17,19,31-33,35-36,44,48H,18,20H2,1-2H3/t31-,32+,33-,35-,36+,41+/m0/s1. The number of ether oxygens (including phenoxy) is 1. The number of anilines is 2. The van der Waals surface area contributed by atoms with Gasteiger partial charge in [0.15, 0.2) is 5.78 Å². The number of nitrogens with zero attached hydrogens (tertiary/aromatic N) is 2. The van der Waals surface area contributed by atoms with Crippen molar-refractivity contribution >= 4 is 52.4 Å². The van der Waals surface area contributed by atoms with Crippen molar-refractivity contribution in [3.8, 4) is 11.5 Å². The molecule has 0 spiro atoms. The molecule has 53 heavy (non-hydrogen) atoms. The molecule has 4 aromatic rings. The third kappa shape index (κ3) is 5.16. The number of ketones is 1. The van der Waals surface area contributed by atoms with Crippen LogP contribution in [0, 0.1) is 29.5 Å². The molecule has 0 bridgehead atoms. The molecule has 0 unspecified atom stereocenters. The van der Waals surface area contributed by atoms with Crippen LogP contribution < -0.4 is 15.1 Å². The molecule has 0 radical (unpaired) electrons. The summed E-state index contributed by atoms with van der Waals surface area (Å²) in [6, 6.07) is 22.9. The molecule has 2 aliphatic carbocycles. The van der Waals surface area contributed by atoms with Gasteiger partial charge >= 0.3 is 0 Å². The number of phenolic OH excluding ortho intramolecular Hbond substituents is 1. The number of carbonyl (C=O) groups excluding carboxylic acids is 5. The van der Waals surface area contributed by atoms with Crippen molar-refractivity contribution < 1.29 is 38.2 Å². The number of allylic oxidation sites excluding steroid dienone is 2. The van der Waals surface area contributed by atoms with Crippen LogP contribution in [0.25, 0.3) is 0 Å². The molecule has 4 aromatic carbocycles. The predicted molar refractivity (Wildman–Crippen MR) is 193 cm³/mol. The normalized spacial score (nSPS) is 26.2. The van der Waals surface area contributed by atoms with E-state index in [1.54, 1.807) is 60.7 Å².